The molecule has 0 aliphatic rings. The molecule has 2 N–H and O–H groups in total. The number of halogens is 1. The summed E-state index contributed by atoms with van der Waals surface area (Å²) in [5.74, 6) is 5.30. The van der Waals surface area contributed by atoms with Crippen LogP contribution in [0.1, 0.15) is 26.4 Å². The third-order valence-electron chi connectivity index (χ3n) is 2.76. The molecule has 0 fully saturated rings. The second-order valence-electron chi connectivity index (χ2n) is 4.42. The van der Waals surface area contributed by atoms with Gasteiger partial charge in [-0.15, -0.1) is 11.3 Å². The van der Waals surface area contributed by atoms with Crippen LogP contribution in [0.5, 0.6) is 0 Å². The van der Waals surface area contributed by atoms with Gasteiger partial charge in [0, 0.05) is 21.0 Å². The van der Waals surface area contributed by atoms with Gasteiger partial charge in [0.05, 0.1) is 6.54 Å². The first-order valence-electron chi connectivity index (χ1n) is 6.31. The van der Waals surface area contributed by atoms with Gasteiger partial charge < -0.3 is 10.4 Å². The lowest BCUT2D eigenvalue weighted by Crippen LogP contribution is -2.22. The van der Waals surface area contributed by atoms with Gasteiger partial charge in [-0.1, -0.05) is 23.4 Å². The topological polar surface area (TPSA) is 49.3 Å². The fourth-order valence-electron chi connectivity index (χ4n) is 1.85. The van der Waals surface area contributed by atoms with Gasteiger partial charge in [-0.3, -0.25) is 4.79 Å². The van der Waals surface area contributed by atoms with E-state index < -0.39 is 0 Å². The maximum atomic E-state index is 12.1. The molecule has 0 saturated carbocycles. The zero-order valence-electron chi connectivity index (χ0n) is 11.4. The van der Waals surface area contributed by atoms with Gasteiger partial charge in [0.25, 0.3) is 5.91 Å². The molecule has 0 bridgehead atoms. The number of carbonyl (C=O) groups is 1. The number of aliphatic hydroxyl groups is 1. The molecule has 2 aromatic rings. The lowest BCUT2D eigenvalue weighted by Gasteiger charge is -2.06. The van der Waals surface area contributed by atoms with E-state index >= 15 is 0 Å². The maximum Gasteiger partial charge on any atom is 0.251 e. The zero-order chi connectivity index (χ0) is 15.2. The van der Waals surface area contributed by atoms with Crippen LogP contribution < -0.4 is 5.32 Å². The van der Waals surface area contributed by atoms with Crippen molar-refractivity contribution in [2.75, 3.05) is 6.61 Å². The number of hydrogen-bond acceptors (Lipinski definition) is 3. The summed E-state index contributed by atoms with van der Waals surface area (Å²) in [6.45, 7) is 2.12. The summed E-state index contributed by atoms with van der Waals surface area (Å²) >= 11 is 7.48. The van der Waals surface area contributed by atoms with Crippen LogP contribution in [0.15, 0.2) is 29.6 Å². The number of aliphatic hydroxyl groups excluding tert-OH is 1. The molecule has 108 valence electrons. The van der Waals surface area contributed by atoms with Crippen LogP contribution >= 0.6 is 22.9 Å². The molecule has 21 heavy (non-hydrogen) atoms. The van der Waals surface area contributed by atoms with Gasteiger partial charge in [0.15, 0.2) is 0 Å². The summed E-state index contributed by atoms with van der Waals surface area (Å²) in [5.41, 5.74) is 2.31. The number of aryl methyl sites for hydroxylation is 1. The third-order valence-corrected chi connectivity index (χ3v) is 3.90. The summed E-state index contributed by atoms with van der Waals surface area (Å²) in [7, 11) is 0. The number of hydrogen-bond donors (Lipinski definition) is 2. The molecular weight excluding hydrogens is 306 g/mol. The van der Waals surface area contributed by atoms with E-state index in [4.69, 9.17) is 16.7 Å². The molecule has 0 radical (unpaired) electrons. The van der Waals surface area contributed by atoms with Crippen molar-refractivity contribution in [3.05, 3.63) is 56.2 Å². The first-order valence-corrected chi connectivity index (χ1v) is 7.57. The standard InChI is InChI=1S/C16H14ClNO2S/c1-11-7-13(9-14(17)8-11)16(20)18-10-15-12(3-2-5-19)4-6-21-15/h4,6-9,19H,5,10H2,1H3,(H,18,20). The van der Waals surface area contributed by atoms with E-state index in [1.54, 1.807) is 18.2 Å². The molecule has 0 atom stereocenters. The summed E-state index contributed by atoms with van der Waals surface area (Å²) in [6.07, 6.45) is 0. The van der Waals surface area contributed by atoms with Crippen LogP contribution in [0.25, 0.3) is 0 Å². The highest BCUT2D eigenvalue weighted by Gasteiger charge is 2.09. The molecule has 2 rings (SSSR count). The van der Waals surface area contributed by atoms with Crippen molar-refractivity contribution in [3.8, 4) is 11.8 Å². The van der Waals surface area contributed by atoms with E-state index in [1.165, 1.54) is 11.3 Å². The van der Waals surface area contributed by atoms with Gasteiger partial charge in [-0.05, 0) is 42.1 Å². The summed E-state index contributed by atoms with van der Waals surface area (Å²) in [5, 5.41) is 14.0. The molecule has 0 aliphatic carbocycles. The van der Waals surface area contributed by atoms with E-state index in [1.807, 2.05) is 18.4 Å². The molecule has 0 spiro atoms. The minimum absolute atomic E-state index is 0.171. The zero-order valence-corrected chi connectivity index (χ0v) is 13.0. The highest BCUT2D eigenvalue weighted by atomic mass is 35.5. The van der Waals surface area contributed by atoms with E-state index in [0.717, 1.165) is 16.0 Å². The average molecular weight is 320 g/mol. The minimum Gasteiger partial charge on any atom is -0.384 e. The van der Waals surface area contributed by atoms with Crippen molar-refractivity contribution >= 4 is 28.8 Å². The lowest BCUT2D eigenvalue weighted by molar-refractivity contribution is 0.0951. The Bertz CT molecular complexity index is 692. The van der Waals surface area contributed by atoms with Crippen molar-refractivity contribution < 1.29 is 9.90 Å². The van der Waals surface area contributed by atoms with Crippen molar-refractivity contribution in [2.24, 2.45) is 0 Å². The Morgan fingerprint density at radius 1 is 1.43 bits per heavy atom. The van der Waals surface area contributed by atoms with Crippen LogP contribution in [0.4, 0.5) is 0 Å². The van der Waals surface area contributed by atoms with Gasteiger partial charge in [-0.25, -0.2) is 0 Å². The number of thiophene rings is 1. The molecule has 3 nitrogen and oxygen atoms in total. The first kappa shape index (κ1) is 15.6. The Morgan fingerprint density at radius 3 is 2.95 bits per heavy atom. The summed E-state index contributed by atoms with van der Waals surface area (Å²) < 4.78 is 0. The van der Waals surface area contributed by atoms with Crippen molar-refractivity contribution in [1.29, 1.82) is 0 Å². The highest BCUT2D eigenvalue weighted by molar-refractivity contribution is 7.10. The van der Waals surface area contributed by atoms with Crippen LogP contribution in [0, 0.1) is 18.8 Å². The summed E-state index contributed by atoms with van der Waals surface area (Å²) in [4.78, 5) is 13.1. The lowest BCUT2D eigenvalue weighted by atomic mass is 10.1. The fraction of sp³-hybridized carbons (Fsp3) is 0.188. The first-order chi connectivity index (χ1) is 10.1. The summed E-state index contributed by atoms with van der Waals surface area (Å²) in [6, 6.07) is 7.12. The number of carbonyl (C=O) groups excluding carboxylic acids is 1. The Kier molecular flexibility index (Phi) is 5.40. The van der Waals surface area contributed by atoms with E-state index in [9.17, 15) is 4.79 Å². The van der Waals surface area contributed by atoms with Crippen LogP contribution in [0.2, 0.25) is 5.02 Å². The molecule has 5 heteroatoms. The number of benzene rings is 1. The monoisotopic (exact) mass is 319 g/mol. The third kappa shape index (κ3) is 4.33. The second-order valence-corrected chi connectivity index (χ2v) is 5.85. The Balaban J connectivity index is 2.06. The van der Waals surface area contributed by atoms with Gasteiger partial charge in [0.2, 0.25) is 0 Å². The number of amides is 1. The van der Waals surface area contributed by atoms with E-state index in [0.29, 0.717) is 17.1 Å². The smallest absolute Gasteiger partial charge is 0.251 e. The molecule has 1 heterocycles. The van der Waals surface area contributed by atoms with Crippen molar-refractivity contribution in [2.45, 2.75) is 13.5 Å². The highest BCUT2D eigenvalue weighted by Crippen LogP contribution is 2.17. The molecule has 0 aliphatic heterocycles. The van der Waals surface area contributed by atoms with E-state index in [-0.39, 0.29) is 12.5 Å². The maximum absolute atomic E-state index is 12.1. The molecule has 1 aromatic carbocycles. The fourth-order valence-corrected chi connectivity index (χ4v) is 2.91. The predicted octanol–water partition coefficient (Wildman–Crippen LogP) is 2.98. The molecule has 0 unspecified atom stereocenters. The van der Waals surface area contributed by atoms with Crippen molar-refractivity contribution in [3.63, 3.8) is 0 Å². The van der Waals surface area contributed by atoms with Crippen molar-refractivity contribution in [1.82, 2.24) is 5.32 Å². The molecule has 0 saturated heterocycles. The van der Waals surface area contributed by atoms with E-state index in [2.05, 4.69) is 17.2 Å². The van der Waals surface area contributed by atoms with Crippen LogP contribution in [-0.2, 0) is 6.54 Å². The van der Waals surface area contributed by atoms with Crippen LogP contribution in [0.3, 0.4) is 0 Å². The van der Waals surface area contributed by atoms with Gasteiger partial charge in [0.1, 0.15) is 6.61 Å². The van der Waals surface area contributed by atoms with Gasteiger partial charge in [-0.2, -0.15) is 0 Å². The Labute approximate surface area is 132 Å². The van der Waals surface area contributed by atoms with Gasteiger partial charge >= 0.3 is 0 Å². The number of nitrogens with one attached hydrogen (secondary N) is 1. The Morgan fingerprint density at radius 2 is 2.24 bits per heavy atom. The molecular formula is C16H14ClNO2S. The number of rotatable bonds is 3. The minimum atomic E-state index is -0.177. The normalized spacial score (nSPS) is 9.86. The quantitative estimate of drug-likeness (QED) is 0.855. The SMILES string of the molecule is Cc1cc(Cl)cc(C(=O)NCc2sccc2C#CCO)c1. The average Bonchev–Trinajstić information content (AvgIpc) is 2.88. The van der Waals surface area contributed by atoms with Crippen LogP contribution in [-0.4, -0.2) is 17.6 Å². The largest absolute Gasteiger partial charge is 0.384 e. The molecule has 1 amide bonds. The Hall–Kier alpha value is -1.80. The molecule has 1 aromatic heterocycles. The second kappa shape index (κ2) is 7.28. The predicted molar refractivity (Wildman–Crippen MR) is 85.6 cm³/mol.